The van der Waals surface area contributed by atoms with Gasteiger partial charge in [-0.15, -0.1) is 0 Å². The number of carbonyl (C=O) groups is 1. The van der Waals surface area contributed by atoms with Gasteiger partial charge in [0.25, 0.3) is 5.91 Å². The molecule has 7 heteroatoms. The van der Waals surface area contributed by atoms with E-state index < -0.39 is 36.3 Å². The Bertz CT molecular complexity index is 539. The van der Waals surface area contributed by atoms with E-state index in [4.69, 9.17) is 0 Å². The predicted molar refractivity (Wildman–Crippen MR) is 71.2 cm³/mol. The number of thioether (sulfide) groups is 1. The first kappa shape index (κ1) is 13.8. The van der Waals surface area contributed by atoms with Crippen molar-refractivity contribution in [1.82, 2.24) is 4.90 Å². The number of fused-ring (bicyclic) bond motifs is 2. The average Bonchev–Trinajstić information content (AvgIpc) is 2.47. The number of hydrogen-bond donors (Lipinski definition) is 4. The molecule has 0 unspecified atom stereocenters. The third-order valence-electron chi connectivity index (χ3n) is 3.80. The number of benzene rings is 1. The van der Waals surface area contributed by atoms with Crippen LogP contribution in [-0.2, 0) is 0 Å². The van der Waals surface area contributed by atoms with Gasteiger partial charge < -0.3 is 25.3 Å². The Kier molecular flexibility index (Phi) is 3.47. The van der Waals surface area contributed by atoms with Gasteiger partial charge in [-0.2, -0.15) is 0 Å². The highest BCUT2D eigenvalue weighted by Crippen LogP contribution is 2.42. The van der Waals surface area contributed by atoms with Crippen LogP contribution in [0.4, 0.5) is 0 Å². The number of piperidine rings is 1. The van der Waals surface area contributed by atoms with Crippen LogP contribution in [0.15, 0.2) is 29.2 Å². The molecule has 1 saturated heterocycles. The monoisotopic (exact) mass is 297 g/mol. The molecule has 0 aliphatic carbocycles. The van der Waals surface area contributed by atoms with E-state index in [-0.39, 0.29) is 5.91 Å². The summed E-state index contributed by atoms with van der Waals surface area (Å²) in [4.78, 5) is 14.5. The first-order chi connectivity index (χ1) is 9.56. The number of carbonyl (C=O) groups excluding carboxylic acids is 1. The molecular weight excluding hydrogens is 282 g/mol. The molecule has 1 fully saturated rings. The summed E-state index contributed by atoms with van der Waals surface area (Å²) in [5.41, 5.74) is 0.475. The van der Waals surface area contributed by atoms with Crippen LogP contribution in [-0.4, -0.2) is 67.6 Å². The van der Waals surface area contributed by atoms with E-state index >= 15 is 0 Å². The molecule has 108 valence electrons. The molecule has 4 N–H and O–H groups in total. The second-order valence-electron chi connectivity index (χ2n) is 4.94. The summed E-state index contributed by atoms with van der Waals surface area (Å²) in [5, 5.41) is 38.6. The largest absolute Gasteiger partial charge is 0.394 e. The Morgan fingerprint density at radius 1 is 1.10 bits per heavy atom. The smallest absolute Gasteiger partial charge is 0.256 e. The van der Waals surface area contributed by atoms with Crippen molar-refractivity contribution in [1.29, 1.82) is 0 Å². The SMILES string of the molecule is O=C1c2ccccc2S[C@@H]2[C@@H](O)[C@@H](O)[C@H](O)[C@H](CO)N12. The lowest BCUT2D eigenvalue weighted by atomic mass is 9.93. The first-order valence-corrected chi connectivity index (χ1v) is 7.17. The van der Waals surface area contributed by atoms with Crippen molar-refractivity contribution >= 4 is 17.7 Å². The van der Waals surface area contributed by atoms with Crippen LogP contribution >= 0.6 is 11.8 Å². The Morgan fingerprint density at radius 3 is 2.50 bits per heavy atom. The molecule has 0 spiro atoms. The minimum Gasteiger partial charge on any atom is -0.394 e. The Morgan fingerprint density at radius 2 is 1.80 bits per heavy atom. The third kappa shape index (κ3) is 1.86. The molecular formula is C13H15NO5S. The summed E-state index contributed by atoms with van der Waals surface area (Å²) in [7, 11) is 0. The van der Waals surface area contributed by atoms with E-state index in [1.165, 1.54) is 16.7 Å². The molecule has 1 aromatic rings. The molecule has 2 aliphatic rings. The lowest BCUT2D eigenvalue weighted by Crippen LogP contribution is -2.68. The van der Waals surface area contributed by atoms with Gasteiger partial charge >= 0.3 is 0 Å². The van der Waals surface area contributed by atoms with Crippen LogP contribution in [0, 0.1) is 0 Å². The number of nitrogens with zero attached hydrogens (tertiary/aromatic N) is 1. The lowest BCUT2D eigenvalue weighted by Gasteiger charge is -2.50. The molecule has 3 rings (SSSR count). The minimum atomic E-state index is -1.39. The van der Waals surface area contributed by atoms with Gasteiger partial charge in [-0.1, -0.05) is 23.9 Å². The fraction of sp³-hybridized carbons (Fsp3) is 0.462. The number of hydrogen-bond acceptors (Lipinski definition) is 6. The summed E-state index contributed by atoms with van der Waals surface area (Å²) >= 11 is 1.25. The fourth-order valence-electron chi connectivity index (χ4n) is 2.72. The van der Waals surface area contributed by atoms with Crippen molar-refractivity contribution in [3.05, 3.63) is 29.8 Å². The minimum absolute atomic E-state index is 0.353. The zero-order chi connectivity index (χ0) is 14.4. The third-order valence-corrected chi connectivity index (χ3v) is 5.16. The van der Waals surface area contributed by atoms with E-state index in [0.717, 1.165) is 4.90 Å². The summed E-state index contributed by atoms with van der Waals surface area (Å²) in [6.45, 7) is -0.476. The van der Waals surface area contributed by atoms with Crippen molar-refractivity contribution in [3.8, 4) is 0 Å². The first-order valence-electron chi connectivity index (χ1n) is 6.29. The van der Waals surface area contributed by atoms with Crippen LogP contribution in [0.5, 0.6) is 0 Å². The molecule has 1 amide bonds. The molecule has 2 heterocycles. The molecule has 2 aliphatic heterocycles. The van der Waals surface area contributed by atoms with E-state index in [0.29, 0.717) is 5.56 Å². The highest BCUT2D eigenvalue weighted by molar-refractivity contribution is 8.00. The van der Waals surface area contributed by atoms with E-state index in [2.05, 4.69) is 0 Å². The highest BCUT2D eigenvalue weighted by Gasteiger charge is 2.52. The van der Waals surface area contributed by atoms with Gasteiger partial charge in [-0.05, 0) is 12.1 Å². The molecule has 0 saturated carbocycles. The average molecular weight is 297 g/mol. The van der Waals surface area contributed by atoms with Crippen LogP contribution < -0.4 is 0 Å². The molecule has 20 heavy (non-hydrogen) atoms. The van der Waals surface area contributed by atoms with Crippen LogP contribution in [0.2, 0.25) is 0 Å². The van der Waals surface area contributed by atoms with Crippen molar-refractivity contribution in [2.24, 2.45) is 0 Å². The molecule has 0 bridgehead atoms. The van der Waals surface area contributed by atoms with Gasteiger partial charge in [0.15, 0.2) is 0 Å². The molecule has 6 nitrogen and oxygen atoms in total. The molecule has 0 aromatic heterocycles. The zero-order valence-electron chi connectivity index (χ0n) is 10.5. The van der Waals surface area contributed by atoms with Crippen LogP contribution in [0.1, 0.15) is 10.4 Å². The van der Waals surface area contributed by atoms with Gasteiger partial charge in [0.2, 0.25) is 0 Å². The maximum atomic E-state index is 12.5. The van der Waals surface area contributed by atoms with Crippen molar-refractivity contribution in [2.45, 2.75) is 34.6 Å². The summed E-state index contributed by atoms with van der Waals surface area (Å²) in [5.74, 6) is -0.353. The summed E-state index contributed by atoms with van der Waals surface area (Å²) in [6.07, 6.45) is -4.03. The maximum Gasteiger partial charge on any atom is 0.256 e. The van der Waals surface area contributed by atoms with Gasteiger partial charge in [-0.25, -0.2) is 0 Å². The Balaban J connectivity index is 2.06. The normalized spacial score (nSPS) is 36.5. The quantitative estimate of drug-likeness (QED) is 0.531. The van der Waals surface area contributed by atoms with Crippen molar-refractivity contribution < 1.29 is 25.2 Å². The van der Waals surface area contributed by atoms with Crippen molar-refractivity contribution in [3.63, 3.8) is 0 Å². The zero-order valence-corrected chi connectivity index (χ0v) is 11.3. The number of aliphatic hydroxyl groups excluding tert-OH is 4. The molecule has 5 atom stereocenters. The number of amides is 1. The summed E-state index contributed by atoms with van der Waals surface area (Å²) in [6, 6.07) is 6.04. The Labute approximate surface area is 119 Å². The predicted octanol–water partition coefficient (Wildman–Crippen LogP) is -0.982. The number of rotatable bonds is 1. The standard InChI is InChI=1S/C13H15NO5S/c15-5-7-9(16)10(17)11(18)13-14(7)12(19)6-3-1-2-4-8(6)20-13/h1-4,7,9-11,13,15-18H,5H2/t7-,9+,10-,11-,13+/m0/s1. The topological polar surface area (TPSA) is 101 Å². The second kappa shape index (κ2) is 5.01. The van der Waals surface area contributed by atoms with E-state index in [1.807, 2.05) is 0 Å². The van der Waals surface area contributed by atoms with Crippen molar-refractivity contribution in [2.75, 3.05) is 6.61 Å². The molecule has 1 aromatic carbocycles. The maximum absolute atomic E-state index is 12.5. The number of aliphatic hydroxyl groups is 4. The van der Waals surface area contributed by atoms with Gasteiger partial charge in [0.1, 0.15) is 23.7 Å². The molecule has 0 radical (unpaired) electrons. The Hall–Kier alpha value is -1.12. The second-order valence-corrected chi connectivity index (χ2v) is 6.10. The van der Waals surface area contributed by atoms with Gasteiger partial charge in [0, 0.05) is 4.90 Å². The van der Waals surface area contributed by atoms with E-state index in [9.17, 15) is 25.2 Å². The fourth-order valence-corrected chi connectivity index (χ4v) is 4.09. The highest BCUT2D eigenvalue weighted by atomic mass is 32.2. The van der Waals surface area contributed by atoms with E-state index in [1.54, 1.807) is 24.3 Å². The lowest BCUT2D eigenvalue weighted by molar-refractivity contribution is -0.142. The van der Waals surface area contributed by atoms with Crippen LogP contribution in [0.3, 0.4) is 0 Å². The van der Waals surface area contributed by atoms with Gasteiger partial charge in [-0.3, -0.25) is 4.79 Å². The summed E-state index contributed by atoms with van der Waals surface area (Å²) < 4.78 is 0. The van der Waals surface area contributed by atoms with Gasteiger partial charge in [0.05, 0.1) is 18.2 Å². The van der Waals surface area contributed by atoms with Crippen LogP contribution in [0.25, 0.3) is 0 Å².